The summed E-state index contributed by atoms with van der Waals surface area (Å²) >= 11 is 0. The molecule has 0 aromatic carbocycles. The summed E-state index contributed by atoms with van der Waals surface area (Å²) in [6, 6.07) is 0. The molecule has 0 heterocycles. The normalized spacial score (nSPS) is 10.2. The highest BCUT2D eigenvalue weighted by Crippen LogP contribution is 2.07. The molecule has 4 heteroatoms. The van der Waals surface area contributed by atoms with Gasteiger partial charge < -0.3 is 5.32 Å². The van der Waals surface area contributed by atoms with Crippen LogP contribution in [0.1, 0.15) is 39.5 Å². The van der Waals surface area contributed by atoms with E-state index in [1.807, 2.05) is 0 Å². The van der Waals surface area contributed by atoms with Gasteiger partial charge in [0.25, 0.3) is 0 Å². The minimum Gasteiger partial charge on any atom is -0.319 e. The molecule has 0 spiro atoms. The first-order chi connectivity index (χ1) is 6.16. The molecule has 0 unspecified atom stereocenters. The number of carbonyl (C=O) groups is 1. The highest BCUT2D eigenvalue weighted by atomic mass is 17.1. The van der Waals surface area contributed by atoms with Crippen LogP contribution in [0.25, 0.3) is 0 Å². The Morgan fingerprint density at radius 2 is 2.08 bits per heavy atom. The van der Waals surface area contributed by atoms with Crippen molar-refractivity contribution in [3.63, 3.8) is 0 Å². The molecule has 0 saturated carbocycles. The van der Waals surface area contributed by atoms with E-state index in [0.29, 0.717) is 6.54 Å². The van der Waals surface area contributed by atoms with Gasteiger partial charge in [-0.05, 0) is 12.3 Å². The number of carbonyl (C=O) groups excluding carboxylic acids is 1. The molecule has 0 aliphatic carbocycles. The number of unbranched alkanes of at least 4 members (excludes halogenated alkanes) is 2. The molecule has 0 aliphatic heterocycles. The molecular formula is C9H19NO3. The van der Waals surface area contributed by atoms with Crippen LogP contribution in [0.5, 0.6) is 0 Å². The van der Waals surface area contributed by atoms with E-state index < -0.39 is 6.09 Å². The zero-order valence-corrected chi connectivity index (χ0v) is 8.38. The third-order valence-electron chi connectivity index (χ3n) is 1.81. The van der Waals surface area contributed by atoms with Crippen LogP contribution >= 0.6 is 0 Å². The predicted molar refractivity (Wildman–Crippen MR) is 50.4 cm³/mol. The molecule has 0 radical (unpaired) electrons. The monoisotopic (exact) mass is 189 g/mol. The Bertz CT molecular complexity index is 137. The minimum atomic E-state index is -0.774. The zero-order chi connectivity index (χ0) is 10.1. The Balaban J connectivity index is 3.04. The fraction of sp³-hybridized carbons (Fsp3) is 0.889. The van der Waals surface area contributed by atoms with Crippen molar-refractivity contribution in [2.24, 2.45) is 5.92 Å². The number of nitrogens with one attached hydrogen (secondary N) is 1. The average Bonchev–Trinajstić information content (AvgIpc) is 2.10. The van der Waals surface area contributed by atoms with Gasteiger partial charge in [-0.25, -0.2) is 4.79 Å². The third-order valence-corrected chi connectivity index (χ3v) is 1.81. The van der Waals surface area contributed by atoms with Crippen LogP contribution in [0.2, 0.25) is 0 Å². The smallest absolute Gasteiger partial charge is 0.319 e. The summed E-state index contributed by atoms with van der Waals surface area (Å²) in [5, 5.41) is 10.3. The molecule has 0 aliphatic rings. The van der Waals surface area contributed by atoms with E-state index >= 15 is 0 Å². The van der Waals surface area contributed by atoms with Crippen LogP contribution < -0.4 is 5.32 Å². The number of rotatable bonds is 6. The summed E-state index contributed by atoms with van der Waals surface area (Å²) in [7, 11) is 0. The lowest BCUT2D eigenvalue weighted by Gasteiger charge is -2.04. The average molecular weight is 189 g/mol. The van der Waals surface area contributed by atoms with Gasteiger partial charge in [0.05, 0.1) is 0 Å². The summed E-state index contributed by atoms with van der Waals surface area (Å²) in [5.41, 5.74) is 0. The third kappa shape index (κ3) is 9.14. The molecule has 0 fully saturated rings. The van der Waals surface area contributed by atoms with E-state index in [1.54, 1.807) is 0 Å². The van der Waals surface area contributed by atoms with E-state index in [9.17, 15) is 4.79 Å². The van der Waals surface area contributed by atoms with Crippen molar-refractivity contribution in [2.45, 2.75) is 39.5 Å². The highest BCUT2D eigenvalue weighted by Gasteiger charge is 1.98. The van der Waals surface area contributed by atoms with E-state index in [2.05, 4.69) is 24.1 Å². The fourth-order valence-corrected chi connectivity index (χ4v) is 1.08. The summed E-state index contributed by atoms with van der Waals surface area (Å²) in [5.74, 6) is 0.746. The minimum absolute atomic E-state index is 0.567. The number of hydrogen-bond acceptors (Lipinski definition) is 3. The Morgan fingerprint density at radius 1 is 1.38 bits per heavy atom. The fourth-order valence-electron chi connectivity index (χ4n) is 1.08. The molecule has 0 saturated heterocycles. The van der Waals surface area contributed by atoms with Gasteiger partial charge in [0.15, 0.2) is 0 Å². The molecule has 0 bridgehead atoms. The van der Waals surface area contributed by atoms with Crippen molar-refractivity contribution < 1.29 is 14.9 Å². The molecule has 0 aromatic rings. The second-order valence-corrected chi connectivity index (χ2v) is 3.55. The topological polar surface area (TPSA) is 58.6 Å². The van der Waals surface area contributed by atoms with Crippen molar-refractivity contribution in [1.29, 1.82) is 0 Å². The van der Waals surface area contributed by atoms with Gasteiger partial charge in [0, 0.05) is 6.54 Å². The summed E-state index contributed by atoms with van der Waals surface area (Å²) in [6.07, 6.45) is 3.67. The van der Waals surface area contributed by atoms with Crippen LogP contribution in [0.15, 0.2) is 0 Å². The molecular weight excluding hydrogens is 170 g/mol. The molecule has 2 N–H and O–H groups in total. The SMILES string of the molecule is CC(C)CCCCCNC(=O)OO. The van der Waals surface area contributed by atoms with Crippen molar-refractivity contribution in [1.82, 2.24) is 5.32 Å². The molecule has 0 aromatic heterocycles. The number of amides is 1. The Labute approximate surface area is 79.2 Å². The van der Waals surface area contributed by atoms with Gasteiger partial charge in [-0.3, -0.25) is 4.89 Å². The molecule has 0 rings (SSSR count). The molecule has 13 heavy (non-hydrogen) atoms. The lowest BCUT2D eigenvalue weighted by atomic mass is 10.1. The van der Waals surface area contributed by atoms with Gasteiger partial charge in [0.2, 0.25) is 0 Å². The highest BCUT2D eigenvalue weighted by molar-refractivity contribution is 5.66. The Hall–Kier alpha value is -0.770. The van der Waals surface area contributed by atoms with Gasteiger partial charge in [0.1, 0.15) is 0 Å². The van der Waals surface area contributed by atoms with Crippen LogP contribution in [-0.2, 0) is 4.89 Å². The molecule has 1 amide bonds. The van der Waals surface area contributed by atoms with Crippen molar-refractivity contribution in [2.75, 3.05) is 6.54 Å². The first kappa shape index (κ1) is 12.2. The largest absolute Gasteiger partial charge is 0.438 e. The van der Waals surface area contributed by atoms with Crippen LogP contribution in [0, 0.1) is 5.92 Å². The quantitative estimate of drug-likeness (QED) is 0.383. The van der Waals surface area contributed by atoms with Gasteiger partial charge in [-0.2, -0.15) is 5.26 Å². The summed E-state index contributed by atoms with van der Waals surface area (Å²) in [6.45, 7) is 4.96. The second-order valence-electron chi connectivity index (χ2n) is 3.55. The summed E-state index contributed by atoms with van der Waals surface area (Å²) in [4.78, 5) is 13.8. The van der Waals surface area contributed by atoms with Crippen molar-refractivity contribution in [3.05, 3.63) is 0 Å². The van der Waals surface area contributed by atoms with Crippen LogP contribution in [-0.4, -0.2) is 17.9 Å². The zero-order valence-electron chi connectivity index (χ0n) is 8.38. The molecule has 0 atom stereocenters. The summed E-state index contributed by atoms with van der Waals surface area (Å²) < 4.78 is 0. The van der Waals surface area contributed by atoms with E-state index in [1.165, 1.54) is 12.8 Å². The maximum Gasteiger partial charge on any atom is 0.438 e. The standard InChI is InChI=1S/C9H19NO3/c1-8(2)6-4-3-5-7-10-9(11)13-12/h8,12H,3-7H2,1-2H3,(H,10,11). The number of hydrogen-bond donors (Lipinski definition) is 2. The Kier molecular flexibility index (Phi) is 7.39. The van der Waals surface area contributed by atoms with E-state index in [0.717, 1.165) is 18.8 Å². The molecule has 4 nitrogen and oxygen atoms in total. The van der Waals surface area contributed by atoms with Crippen molar-refractivity contribution >= 4 is 6.09 Å². The lowest BCUT2D eigenvalue weighted by Crippen LogP contribution is -2.24. The van der Waals surface area contributed by atoms with Crippen LogP contribution in [0.4, 0.5) is 4.79 Å². The second kappa shape index (κ2) is 7.86. The van der Waals surface area contributed by atoms with Crippen molar-refractivity contribution in [3.8, 4) is 0 Å². The Morgan fingerprint density at radius 3 is 2.62 bits per heavy atom. The lowest BCUT2D eigenvalue weighted by molar-refractivity contribution is -0.177. The van der Waals surface area contributed by atoms with Gasteiger partial charge in [-0.15, -0.1) is 0 Å². The predicted octanol–water partition coefficient (Wildman–Crippen LogP) is 2.40. The first-order valence-electron chi connectivity index (χ1n) is 4.76. The maximum atomic E-state index is 10.4. The van der Waals surface area contributed by atoms with E-state index in [-0.39, 0.29) is 0 Å². The van der Waals surface area contributed by atoms with E-state index in [4.69, 9.17) is 5.26 Å². The maximum absolute atomic E-state index is 10.4. The van der Waals surface area contributed by atoms with Crippen LogP contribution in [0.3, 0.4) is 0 Å². The van der Waals surface area contributed by atoms with Gasteiger partial charge >= 0.3 is 6.09 Å². The van der Waals surface area contributed by atoms with Gasteiger partial charge in [-0.1, -0.05) is 33.1 Å². The molecule has 78 valence electrons. The first-order valence-corrected chi connectivity index (χ1v) is 4.76.